The van der Waals surface area contributed by atoms with Gasteiger partial charge in [0, 0.05) is 0 Å². The number of fused-ring (bicyclic) bond motifs is 2. The van der Waals surface area contributed by atoms with Crippen LogP contribution in [0.15, 0.2) is 0 Å². The van der Waals surface area contributed by atoms with Gasteiger partial charge in [0.1, 0.15) is 11.0 Å². The molecule has 0 aromatic carbocycles. The van der Waals surface area contributed by atoms with Gasteiger partial charge in [-0.15, -0.1) is 0 Å². The quantitative estimate of drug-likeness (QED) is 0.545. The van der Waals surface area contributed by atoms with E-state index in [4.69, 9.17) is 0 Å². The molecule has 90 valence electrons. The monoisotopic (exact) mass is 244 g/mol. The summed E-state index contributed by atoms with van der Waals surface area (Å²) in [4.78, 5) is 23.6. The second kappa shape index (κ2) is 3.42. The Kier molecular flexibility index (Phi) is 2.00. The Morgan fingerprint density at radius 1 is 0.611 bits per heavy atom. The number of rotatable bonds is 0. The molecule has 0 aliphatic rings. The van der Waals surface area contributed by atoms with Crippen molar-refractivity contribution in [3.8, 4) is 12.0 Å². The van der Waals surface area contributed by atoms with Gasteiger partial charge in [-0.1, -0.05) is 0 Å². The van der Waals surface area contributed by atoms with Crippen molar-refractivity contribution in [2.45, 2.75) is 13.8 Å². The van der Waals surface area contributed by atoms with Gasteiger partial charge in [0.15, 0.2) is 11.3 Å². The van der Waals surface area contributed by atoms with Crippen LogP contribution in [-0.4, -0.2) is 40.1 Å². The third kappa shape index (κ3) is 1.46. The zero-order valence-corrected chi connectivity index (χ0v) is 9.58. The van der Waals surface area contributed by atoms with Crippen molar-refractivity contribution >= 4 is 22.3 Å². The first-order valence-corrected chi connectivity index (χ1v) is 5.13. The van der Waals surface area contributed by atoms with Crippen LogP contribution in [0.3, 0.4) is 0 Å². The van der Waals surface area contributed by atoms with Crippen LogP contribution in [0.1, 0.15) is 11.4 Å². The zero-order chi connectivity index (χ0) is 12.9. The van der Waals surface area contributed by atoms with E-state index >= 15 is 0 Å². The summed E-state index contributed by atoms with van der Waals surface area (Å²) in [6.07, 6.45) is 0. The molecule has 0 radical (unpaired) electrons. The third-order valence-electron chi connectivity index (χ3n) is 2.49. The number of hydrogen-bond donors (Lipinski definition) is 2. The van der Waals surface area contributed by atoms with Crippen LogP contribution in [0.2, 0.25) is 0 Å². The molecule has 3 aromatic heterocycles. The first-order valence-electron chi connectivity index (χ1n) is 5.13. The van der Waals surface area contributed by atoms with E-state index in [1.165, 1.54) is 0 Å². The molecule has 0 fully saturated rings. The van der Waals surface area contributed by atoms with Gasteiger partial charge >= 0.3 is 12.0 Å². The van der Waals surface area contributed by atoms with Crippen molar-refractivity contribution in [3.63, 3.8) is 0 Å². The third-order valence-corrected chi connectivity index (χ3v) is 2.49. The second-order valence-corrected chi connectivity index (χ2v) is 3.79. The first-order chi connectivity index (χ1) is 8.54. The van der Waals surface area contributed by atoms with Crippen LogP contribution in [0, 0.1) is 13.8 Å². The largest absolute Gasteiger partial charge is 0.479 e. The number of aryl methyl sites for hydroxylation is 2. The Bertz CT molecular complexity index is 721. The number of aromatic hydroxyl groups is 2. The fourth-order valence-corrected chi connectivity index (χ4v) is 1.70. The molecular weight excluding hydrogens is 236 g/mol. The van der Waals surface area contributed by atoms with Crippen molar-refractivity contribution < 1.29 is 10.2 Å². The van der Waals surface area contributed by atoms with Crippen LogP contribution < -0.4 is 0 Å². The SMILES string of the molecule is Cc1nc(O)nc2nc3c(C)nc(O)nc3nc12. The summed E-state index contributed by atoms with van der Waals surface area (Å²) in [5.41, 5.74) is 2.37. The Labute approximate surface area is 100 Å². The van der Waals surface area contributed by atoms with Crippen LogP contribution >= 0.6 is 0 Å². The van der Waals surface area contributed by atoms with Crippen LogP contribution in [0.25, 0.3) is 22.3 Å². The summed E-state index contributed by atoms with van der Waals surface area (Å²) in [6.45, 7) is 3.36. The molecule has 0 amide bonds. The smallest absolute Gasteiger partial charge is 0.316 e. The normalized spacial score (nSPS) is 11.2. The molecule has 0 aliphatic heterocycles. The topological polar surface area (TPSA) is 118 Å². The standard InChI is InChI=1S/C10H8N6O2/c1-3-5-7(15-9(17)11-3)14-6-4(2)12-10(18)16-8(6)13-5/h1-2H3,(H,11,14,15,17)(H,12,13,16,18). The van der Waals surface area contributed by atoms with E-state index in [1.54, 1.807) is 13.8 Å². The molecule has 18 heavy (non-hydrogen) atoms. The highest BCUT2D eigenvalue weighted by molar-refractivity contribution is 5.84. The molecule has 0 atom stereocenters. The highest BCUT2D eigenvalue weighted by Crippen LogP contribution is 2.19. The summed E-state index contributed by atoms with van der Waals surface area (Å²) in [5.74, 6) is 0. The van der Waals surface area contributed by atoms with Crippen molar-refractivity contribution in [2.75, 3.05) is 0 Å². The number of aromatic nitrogens is 6. The molecule has 3 rings (SSSR count). The van der Waals surface area contributed by atoms with E-state index < -0.39 is 0 Å². The molecule has 0 unspecified atom stereocenters. The van der Waals surface area contributed by atoms with Gasteiger partial charge in [0.2, 0.25) is 0 Å². The average molecular weight is 244 g/mol. The van der Waals surface area contributed by atoms with E-state index in [0.717, 1.165) is 0 Å². The maximum Gasteiger partial charge on any atom is 0.316 e. The Balaban J connectivity index is 2.51. The van der Waals surface area contributed by atoms with Gasteiger partial charge in [0.25, 0.3) is 0 Å². The van der Waals surface area contributed by atoms with Crippen LogP contribution in [-0.2, 0) is 0 Å². The van der Waals surface area contributed by atoms with Crippen LogP contribution in [0.4, 0.5) is 0 Å². The lowest BCUT2D eigenvalue weighted by Gasteiger charge is -2.04. The van der Waals surface area contributed by atoms with Gasteiger partial charge in [-0.2, -0.15) is 19.9 Å². The predicted octanol–water partition coefficient (Wildman–Crippen LogP) is 0.391. The highest BCUT2D eigenvalue weighted by atomic mass is 16.3. The Morgan fingerprint density at radius 3 is 1.39 bits per heavy atom. The molecule has 2 N–H and O–H groups in total. The predicted molar refractivity (Wildman–Crippen MR) is 61.0 cm³/mol. The zero-order valence-electron chi connectivity index (χ0n) is 9.58. The van der Waals surface area contributed by atoms with Gasteiger partial charge in [0.05, 0.1) is 11.4 Å². The van der Waals surface area contributed by atoms with Gasteiger partial charge < -0.3 is 10.2 Å². The van der Waals surface area contributed by atoms with Gasteiger partial charge in [-0.25, -0.2) is 9.97 Å². The van der Waals surface area contributed by atoms with E-state index in [1.807, 2.05) is 0 Å². The molecule has 0 spiro atoms. The van der Waals surface area contributed by atoms with Gasteiger partial charge in [-0.3, -0.25) is 0 Å². The average Bonchev–Trinajstić information content (AvgIpc) is 2.27. The van der Waals surface area contributed by atoms with Crippen molar-refractivity contribution in [1.29, 1.82) is 0 Å². The molecule has 0 bridgehead atoms. The van der Waals surface area contributed by atoms with Crippen molar-refractivity contribution in [3.05, 3.63) is 11.4 Å². The van der Waals surface area contributed by atoms with E-state index in [0.29, 0.717) is 22.4 Å². The maximum atomic E-state index is 9.34. The van der Waals surface area contributed by atoms with E-state index in [9.17, 15) is 10.2 Å². The lowest BCUT2D eigenvalue weighted by molar-refractivity contribution is 0.429. The minimum absolute atomic E-state index is 0.268. The fourth-order valence-electron chi connectivity index (χ4n) is 1.70. The summed E-state index contributed by atoms with van der Waals surface area (Å²) in [7, 11) is 0. The van der Waals surface area contributed by atoms with Crippen LogP contribution in [0.5, 0.6) is 12.0 Å². The second-order valence-electron chi connectivity index (χ2n) is 3.79. The fraction of sp³-hybridized carbons (Fsp3) is 0.200. The summed E-state index contributed by atoms with van der Waals surface area (Å²) in [6, 6.07) is -0.711. The lowest BCUT2D eigenvalue weighted by atomic mass is 10.3. The minimum Gasteiger partial charge on any atom is -0.479 e. The molecule has 3 heterocycles. The minimum atomic E-state index is -0.356. The molecule has 8 nitrogen and oxygen atoms in total. The van der Waals surface area contributed by atoms with Crippen molar-refractivity contribution in [2.24, 2.45) is 0 Å². The summed E-state index contributed by atoms with van der Waals surface area (Å²) < 4.78 is 0. The first kappa shape index (κ1) is 10.5. The van der Waals surface area contributed by atoms with E-state index in [2.05, 4.69) is 29.9 Å². The van der Waals surface area contributed by atoms with Crippen molar-refractivity contribution in [1.82, 2.24) is 29.9 Å². The maximum absolute atomic E-state index is 9.34. The highest BCUT2D eigenvalue weighted by Gasteiger charge is 2.12. The molecule has 0 aliphatic carbocycles. The summed E-state index contributed by atoms with van der Waals surface area (Å²) in [5, 5.41) is 18.7. The number of hydrogen-bond acceptors (Lipinski definition) is 8. The molecule has 8 heteroatoms. The molecular formula is C10H8N6O2. The van der Waals surface area contributed by atoms with Gasteiger partial charge in [-0.05, 0) is 13.8 Å². The molecule has 0 saturated carbocycles. The summed E-state index contributed by atoms with van der Waals surface area (Å²) >= 11 is 0. The Hall–Kier alpha value is -2.64. The Morgan fingerprint density at radius 2 is 1.00 bits per heavy atom. The molecule has 3 aromatic rings. The number of nitrogens with zero attached hydrogens (tertiary/aromatic N) is 6. The van der Waals surface area contributed by atoms with E-state index in [-0.39, 0.29) is 23.3 Å². The molecule has 0 saturated heterocycles. The lowest BCUT2D eigenvalue weighted by Crippen LogP contribution is -1.99.